The second kappa shape index (κ2) is 5.96. The largest absolute Gasteiger partial charge is 0.323 e. The average Bonchev–Trinajstić information content (AvgIpc) is 2.34. The minimum Gasteiger partial charge on any atom is -0.323 e. The van der Waals surface area contributed by atoms with Crippen LogP contribution in [0.1, 0.15) is 0 Å². The molecule has 2 rings (SSSR count). The predicted octanol–water partition coefficient (Wildman–Crippen LogP) is 2.64. The molecule has 0 spiro atoms. The SMILES string of the molecule is O=C(Nc1ccc(Cl)cc1Cl)C1CSCCN1. The molecule has 1 saturated heterocycles. The van der Waals surface area contributed by atoms with Gasteiger partial charge in [-0.2, -0.15) is 11.8 Å². The van der Waals surface area contributed by atoms with Gasteiger partial charge in [0.25, 0.3) is 0 Å². The highest BCUT2D eigenvalue weighted by Gasteiger charge is 2.21. The number of thioether (sulfide) groups is 1. The van der Waals surface area contributed by atoms with Gasteiger partial charge in [-0.3, -0.25) is 4.79 Å². The zero-order valence-electron chi connectivity index (χ0n) is 9.00. The van der Waals surface area contributed by atoms with Crippen molar-refractivity contribution in [3.05, 3.63) is 28.2 Å². The first-order chi connectivity index (χ1) is 8.16. The zero-order valence-corrected chi connectivity index (χ0v) is 11.3. The van der Waals surface area contributed by atoms with Crippen LogP contribution in [0, 0.1) is 0 Å². The van der Waals surface area contributed by atoms with E-state index in [9.17, 15) is 4.79 Å². The number of benzene rings is 1. The van der Waals surface area contributed by atoms with Gasteiger partial charge in [-0.15, -0.1) is 0 Å². The van der Waals surface area contributed by atoms with Crippen LogP contribution in [0.5, 0.6) is 0 Å². The molecule has 2 N–H and O–H groups in total. The van der Waals surface area contributed by atoms with Gasteiger partial charge in [0.15, 0.2) is 0 Å². The number of rotatable bonds is 2. The summed E-state index contributed by atoms with van der Waals surface area (Å²) in [4.78, 5) is 11.9. The summed E-state index contributed by atoms with van der Waals surface area (Å²) in [7, 11) is 0. The first kappa shape index (κ1) is 13.0. The molecule has 17 heavy (non-hydrogen) atoms. The van der Waals surface area contributed by atoms with Gasteiger partial charge in [0.05, 0.1) is 16.8 Å². The number of amides is 1. The van der Waals surface area contributed by atoms with Crippen molar-refractivity contribution in [1.29, 1.82) is 0 Å². The molecule has 1 aliphatic heterocycles. The van der Waals surface area contributed by atoms with Crippen molar-refractivity contribution in [3.63, 3.8) is 0 Å². The van der Waals surface area contributed by atoms with Crippen LogP contribution >= 0.6 is 35.0 Å². The van der Waals surface area contributed by atoms with Gasteiger partial charge in [-0.25, -0.2) is 0 Å². The number of carbonyl (C=O) groups excluding carboxylic acids is 1. The summed E-state index contributed by atoms with van der Waals surface area (Å²) >= 11 is 13.5. The lowest BCUT2D eigenvalue weighted by atomic mass is 10.2. The molecule has 1 atom stereocenters. The molecule has 6 heteroatoms. The Hall–Kier alpha value is -0.420. The Balaban J connectivity index is 2.02. The van der Waals surface area contributed by atoms with Crippen molar-refractivity contribution in [2.45, 2.75) is 6.04 Å². The van der Waals surface area contributed by atoms with Gasteiger partial charge in [-0.05, 0) is 18.2 Å². The monoisotopic (exact) mass is 290 g/mol. The number of hydrogen-bond donors (Lipinski definition) is 2. The summed E-state index contributed by atoms with van der Waals surface area (Å²) in [5.74, 6) is 1.78. The summed E-state index contributed by atoms with van der Waals surface area (Å²) in [6.45, 7) is 0.858. The summed E-state index contributed by atoms with van der Waals surface area (Å²) in [6, 6.07) is 4.87. The highest BCUT2D eigenvalue weighted by Crippen LogP contribution is 2.25. The molecular weight excluding hydrogens is 279 g/mol. The lowest BCUT2D eigenvalue weighted by Crippen LogP contribution is -2.46. The Morgan fingerprint density at radius 1 is 1.47 bits per heavy atom. The van der Waals surface area contributed by atoms with Gasteiger partial charge in [0.2, 0.25) is 5.91 Å². The lowest BCUT2D eigenvalue weighted by molar-refractivity contribution is -0.117. The summed E-state index contributed by atoms with van der Waals surface area (Å²) in [6.07, 6.45) is 0. The molecule has 0 saturated carbocycles. The van der Waals surface area contributed by atoms with Crippen molar-refractivity contribution < 1.29 is 4.79 Å². The second-order valence-corrected chi connectivity index (χ2v) is 5.69. The van der Waals surface area contributed by atoms with Gasteiger partial charge < -0.3 is 10.6 Å². The topological polar surface area (TPSA) is 41.1 Å². The van der Waals surface area contributed by atoms with E-state index >= 15 is 0 Å². The molecule has 0 bridgehead atoms. The maximum Gasteiger partial charge on any atom is 0.242 e. The third kappa shape index (κ3) is 3.52. The van der Waals surface area contributed by atoms with Crippen LogP contribution in [-0.4, -0.2) is 30.0 Å². The number of halogens is 2. The Morgan fingerprint density at radius 2 is 2.29 bits per heavy atom. The minimum atomic E-state index is -0.152. The Labute approximate surface area is 114 Å². The highest BCUT2D eigenvalue weighted by atomic mass is 35.5. The molecule has 0 radical (unpaired) electrons. The molecule has 0 aliphatic carbocycles. The van der Waals surface area contributed by atoms with Gasteiger partial charge in [0, 0.05) is 23.1 Å². The first-order valence-corrected chi connectivity index (χ1v) is 7.15. The van der Waals surface area contributed by atoms with Crippen molar-refractivity contribution >= 4 is 46.6 Å². The maximum atomic E-state index is 11.9. The van der Waals surface area contributed by atoms with E-state index in [2.05, 4.69) is 10.6 Å². The van der Waals surface area contributed by atoms with Crippen LogP contribution in [0.15, 0.2) is 18.2 Å². The highest BCUT2D eigenvalue weighted by molar-refractivity contribution is 7.99. The summed E-state index contributed by atoms with van der Waals surface area (Å²) < 4.78 is 0. The molecule has 1 heterocycles. The maximum absolute atomic E-state index is 11.9. The van der Waals surface area contributed by atoms with Gasteiger partial charge >= 0.3 is 0 Å². The molecule has 1 aromatic rings. The van der Waals surface area contributed by atoms with E-state index in [0.717, 1.165) is 18.1 Å². The molecule has 1 fully saturated rings. The average molecular weight is 291 g/mol. The molecule has 0 aromatic heterocycles. The molecule has 1 amide bonds. The van der Waals surface area contributed by atoms with Gasteiger partial charge in [0.1, 0.15) is 0 Å². The fraction of sp³-hybridized carbons (Fsp3) is 0.364. The van der Waals surface area contributed by atoms with E-state index in [0.29, 0.717) is 15.7 Å². The lowest BCUT2D eigenvalue weighted by Gasteiger charge is -2.22. The standard InChI is InChI=1S/C11H12Cl2N2OS/c12-7-1-2-9(8(13)5-7)15-11(16)10-6-17-4-3-14-10/h1-2,5,10,14H,3-4,6H2,(H,15,16). The van der Waals surface area contributed by atoms with E-state index in [4.69, 9.17) is 23.2 Å². The van der Waals surface area contributed by atoms with E-state index < -0.39 is 0 Å². The number of hydrogen-bond acceptors (Lipinski definition) is 3. The molecule has 3 nitrogen and oxygen atoms in total. The Bertz CT molecular complexity index is 422. The van der Waals surface area contributed by atoms with Crippen molar-refractivity contribution in [2.24, 2.45) is 0 Å². The van der Waals surface area contributed by atoms with Crippen LogP contribution in [0.25, 0.3) is 0 Å². The molecule has 1 aromatic carbocycles. The Morgan fingerprint density at radius 3 is 2.94 bits per heavy atom. The van der Waals surface area contributed by atoms with E-state index in [1.807, 2.05) is 0 Å². The minimum absolute atomic E-state index is 0.0542. The van der Waals surface area contributed by atoms with Crippen molar-refractivity contribution in [1.82, 2.24) is 5.32 Å². The van der Waals surface area contributed by atoms with Crippen LogP contribution in [0.2, 0.25) is 10.0 Å². The molecular formula is C11H12Cl2N2OS. The zero-order chi connectivity index (χ0) is 12.3. The van der Waals surface area contributed by atoms with Crippen LogP contribution in [-0.2, 0) is 4.79 Å². The fourth-order valence-electron chi connectivity index (χ4n) is 1.54. The third-order valence-corrected chi connectivity index (χ3v) is 4.04. The predicted molar refractivity (Wildman–Crippen MR) is 74.2 cm³/mol. The normalized spacial score (nSPS) is 20.0. The number of carbonyl (C=O) groups is 1. The second-order valence-electron chi connectivity index (χ2n) is 3.70. The van der Waals surface area contributed by atoms with Gasteiger partial charge in [-0.1, -0.05) is 23.2 Å². The van der Waals surface area contributed by atoms with E-state index in [1.165, 1.54) is 0 Å². The quantitative estimate of drug-likeness (QED) is 0.880. The van der Waals surface area contributed by atoms with E-state index in [1.54, 1.807) is 30.0 Å². The van der Waals surface area contributed by atoms with Crippen molar-refractivity contribution in [2.75, 3.05) is 23.4 Å². The summed E-state index contributed by atoms with van der Waals surface area (Å²) in [5, 5.41) is 6.98. The molecule has 92 valence electrons. The summed E-state index contributed by atoms with van der Waals surface area (Å²) in [5.41, 5.74) is 0.596. The Kier molecular flexibility index (Phi) is 4.56. The van der Waals surface area contributed by atoms with Crippen LogP contribution < -0.4 is 10.6 Å². The van der Waals surface area contributed by atoms with Crippen molar-refractivity contribution in [3.8, 4) is 0 Å². The number of anilines is 1. The first-order valence-electron chi connectivity index (χ1n) is 5.24. The number of nitrogens with one attached hydrogen (secondary N) is 2. The molecule has 1 aliphatic rings. The molecule has 1 unspecified atom stereocenters. The van der Waals surface area contributed by atoms with Crippen LogP contribution in [0.4, 0.5) is 5.69 Å². The van der Waals surface area contributed by atoms with E-state index in [-0.39, 0.29) is 11.9 Å². The van der Waals surface area contributed by atoms with Crippen LogP contribution in [0.3, 0.4) is 0 Å². The smallest absolute Gasteiger partial charge is 0.242 e. The third-order valence-electron chi connectivity index (χ3n) is 2.43. The fourth-order valence-corrected chi connectivity index (χ4v) is 2.93.